The van der Waals surface area contributed by atoms with Gasteiger partial charge in [-0.2, -0.15) is 5.26 Å². The number of nitriles is 1. The van der Waals surface area contributed by atoms with Gasteiger partial charge in [0.1, 0.15) is 22.2 Å². The van der Waals surface area contributed by atoms with Crippen molar-refractivity contribution in [3.05, 3.63) is 40.6 Å². The second kappa shape index (κ2) is 7.47. The summed E-state index contributed by atoms with van der Waals surface area (Å²) in [6.45, 7) is 7.05. The molecule has 0 saturated carbocycles. The number of benzene rings is 1. The second-order valence-electron chi connectivity index (χ2n) is 6.04. The van der Waals surface area contributed by atoms with E-state index in [9.17, 15) is 5.26 Å². The van der Waals surface area contributed by atoms with Crippen molar-refractivity contribution in [2.45, 2.75) is 13.0 Å². The molecule has 1 aromatic heterocycles. The van der Waals surface area contributed by atoms with Crippen LogP contribution in [0, 0.1) is 11.3 Å². The van der Waals surface area contributed by atoms with Crippen LogP contribution >= 0.6 is 15.9 Å². The lowest BCUT2D eigenvalue weighted by Gasteiger charge is -2.35. The molecule has 1 unspecified atom stereocenters. The average Bonchev–Trinajstić information content (AvgIpc) is 2.93. The summed E-state index contributed by atoms with van der Waals surface area (Å²) in [5.41, 5.74) is 1.86. The topological polar surface area (TPSA) is 48.1 Å². The molecule has 0 radical (unpaired) electrons. The fourth-order valence-corrected chi connectivity index (χ4v) is 3.65. The van der Waals surface area contributed by atoms with Crippen molar-refractivity contribution in [1.82, 2.24) is 19.4 Å². The van der Waals surface area contributed by atoms with Crippen molar-refractivity contribution < 1.29 is 0 Å². The Morgan fingerprint density at radius 3 is 2.46 bits per heavy atom. The van der Waals surface area contributed by atoms with Crippen LogP contribution in [0.4, 0.5) is 0 Å². The molecule has 24 heavy (non-hydrogen) atoms. The maximum absolute atomic E-state index is 9.77. The van der Waals surface area contributed by atoms with Crippen molar-refractivity contribution in [3.8, 4) is 17.5 Å². The lowest BCUT2D eigenvalue weighted by atomic mass is 10.1. The summed E-state index contributed by atoms with van der Waals surface area (Å²) in [5, 5.41) is 9.77. The summed E-state index contributed by atoms with van der Waals surface area (Å²) < 4.78 is 2.89. The van der Waals surface area contributed by atoms with E-state index < -0.39 is 0 Å². The molecule has 5 nitrogen and oxygen atoms in total. The molecule has 1 aliphatic rings. The minimum atomic E-state index is -0.318. The summed E-state index contributed by atoms with van der Waals surface area (Å²) in [6, 6.07) is 12.2. The normalized spacial score (nSPS) is 17.6. The van der Waals surface area contributed by atoms with Crippen LogP contribution in [0.15, 0.2) is 34.9 Å². The lowest BCUT2D eigenvalue weighted by Crippen LogP contribution is -2.47. The van der Waals surface area contributed by atoms with Crippen LogP contribution in [0.5, 0.6) is 0 Å². The van der Waals surface area contributed by atoms with Gasteiger partial charge in [0, 0.05) is 38.8 Å². The maximum atomic E-state index is 9.77. The number of likely N-dealkylation sites (N-methyl/N-ethyl adjacent to an activating group) is 1. The zero-order valence-electron chi connectivity index (χ0n) is 14.1. The standard InChI is InChI=1S/C18H22BrN5/c1-3-23-9-11-24(12-10-23)15(13-20)16-17(19)22(2)18(21-16)14-7-5-4-6-8-14/h4-8,15H,3,9-12H2,1-2H3. The van der Waals surface area contributed by atoms with Gasteiger partial charge in [-0.3, -0.25) is 4.90 Å². The van der Waals surface area contributed by atoms with Gasteiger partial charge in [0.15, 0.2) is 0 Å². The third kappa shape index (κ3) is 3.25. The molecule has 6 heteroatoms. The highest BCUT2D eigenvalue weighted by Gasteiger charge is 2.29. The first kappa shape index (κ1) is 17.2. The quantitative estimate of drug-likeness (QED) is 0.808. The SMILES string of the molecule is CCN1CCN(C(C#N)c2nc(-c3ccccc3)n(C)c2Br)CC1. The first-order valence-electron chi connectivity index (χ1n) is 8.29. The second-order valence-corrected chi connectivity index (χ2v) is 6.79. The van der Waals surface area contributed by atoms with Crippen molar-refractivity contribution in [2.24, 2.45) is 7.05 Å². The number of imidazole rings is 1. The van der Waals surface area contributed by atoms with Crippen LogP contribution in [-0.4, -0.2) is 52.1 Å². The Morgan fingerprint density at radius 1 is 1.21 bits per heavy atom. The number of nitrogens with zero attached hydrogens (tertiary/aromatic N) is 5. The third-order valence-electron chi connectivity index (χ3n) is 4.68. The van der Waals surface area contributed by atoms with E-state index in [0.717, 1.165) is 54.4 Å². The first-order valence-corrected chi connectivity index (χ1v) is 9.08. The van der Waals surface area contributed by atoms with E-state index in [4.69, 9.17) is 4.98 Å². The molecule has 2 heterocycles. The molecular formula is C18H22BrN5. The minimum absolute atomic E-state index is 0.318. The van der Waals surface area contributed by atoms with Gasteiger partial charge in [0.05, 0.1) is 6.07 Å². The molecule has 1 aliphatic heterocycles. The largest absolute Gasteiger partial charge is 0.322 e. The highest BCUT2D eigenvalue weighted by Crippen LogP contribution is 2.31. The summed E-state index contributed by atoms with van der Waals surface area (Å²) in [7, 11) is 1.98. The van der Waals surface area contributed by atoms with E-state index in [-0.39, 0.29) is 6.04 Å². The number of piperazine rings is 1. The van der Waals surface area contributed by atoms with E-state index in [1.54, 1.807) is 0 Å². The van der Waals surface area contributed by atoms with Crippen LogP contribution in [0.2, 0.25) is 0 Å². The predicted octanol–water partition coefficient (Wildman–Crippen LogP) is 3.05. The molecule has 0 aliphatic carbocycles. The third-order valence-corrected chi connectivity index (χ3v) is 5.62. The molecule has 1 fully saturated rings. The van der Waals surface area contributed by atoms with Crippen molar-refractivity contribution in [3.63, 3.8) is 0 Å². The molecule has 0 amide bonds. The Bertz CT molecular complexity index is 726. The number of aromatic nitrogens is 2. The van der Waals surface area contributed by atoms with Crippen LogP contribution < -0.4 is 0 Å². The molecule has 1 saturated heterocycles. The molecule has 126 valence electrons. The lowest BCUT2D eigenvalue weighted by molar-refractivity contribution is 0.117. The zero-order chi connectivity index (χ0) is 17.1. The van der Waals surface area contributed by atoms with Crippen LogP contribution in [0.1, 0.15) is 18.7 Å². The van der Waals surface area contributed by atoms with Gasteiger partial charge in [-0.1, -0.05) is 37.3 Å². The van der Waals surface area contributed by atoms with Gasteiger partial charge < -0.3 is 9.47 Å². The smallest absolute Gasteiger partial charge is 0.143 e. The molecule has 1 atom stereocenters. The molecule has 1 aromatic carbocycles. The Balaban J connectivity index is 1.90. The highest BCUT2D eigenvalue weighted by atomic mass is 79.9. The van der Waals surface area contributed by atoms with Crippen molar-refractivity contribution in [2.75, 3.05) is 32.7 Å². The molecule has 0 spiro atoms. The van der Waals surface area contributed by atoms with Crippen LogP contribution in [0.25, 0.3) is 11.4 Å². The van der Waals surface area contributed by atoms with Crippen LogP contribution in [0.3, 0.4) is 0 Å². The fraction of sp³-hybridized carbons (Fsp3) is 0.444. The van der Waals surface area contributed by atoms with E-state index >= 15 is 0 Å². The van der Waals surface area contributed by atoms with E-state index in [2.05, 4.69) is 38.7 Å². The Kier molecular flexibility index (Phi) is 5.34. The summed E-state index contributed by atoms with van der Waals surface area (Å²) in [6.07, 6.45) is 0. The van der Waals surface area contributed by atoms with Gasteiger partial charge in [-0.15, -0.1) is 0 Å². The molecule has 0 bridgehead atoms. The monoisotopic (exact) mass is 387 g/mol. The molecule has 3 rings (SSSR count). The summed E-state index contributed by atoms with van der Waals surface area (Å²) in [5.74, 6) is 0.880. The number of hydrogen-bond donors (Lipinski definition) is 0. The van der Waals surface area contributed by atoms with E-state index in [0.29, 0.717) is 0 Å². The number of halogens is 1. The molecular weight excluding hydrogens is 366 g/mol. The van der Waals surface area contributed by atoms with Gasteiger partial charge in [-0.05, 0) is 22.5 Å². The maximum Gasteiger partial charge on any atom is 0.143 e. The highest BCUT2D eigenvalue weighted by molar-refractivity contribution is 9.10. The van der Waals surface area contributed by atoms with Gasteiger partial charge in [0.25, 0.3) is 0 Å². The summed E-state index contributed by atoms with van der Waals surface area (Å²) in [4.78, 5) is 9.44. The average molecular weight is 388 g/mol. The van der Waals surface area contributed by atoms with E-state index in [1.165, 1.54) is 0 Å². The molecule has 2 aromatic rings. The van der Waals surface area contributed by atoms with Crippen molar-refractivity contribution >= 4 is 15.9 Å². The fourth-order valence-electron chi connectivity index (χ4n) is 3.17. The minimum Gasteiger partial charge on any atom is -0.322 e. The Labute approximate surface area is 151 Å². The summed E-state index contributed by atoms with van der Waals surface area (Å²) >= 11 is 3.64. The van der Waals surface area contributed by atoms with Gasteiger partial charge in [0.2, 0.25) is 0 Å². The van der Waals surface area contributed by atoms with Gasteiger partial charge >= 0.3 is 0 Å². The Morgan fingerprint density at radius 2 is 1.88 bits per heavy atom. The van der Waals surface area contributed by atoms with Gasteiger partial charge in [-0.25, -0.2) is 4.98 Å². The predicted molar refractivity (Wildman–Crippen MR) is 98.4 cm³/mol. The number of rotatable bonds is 4. The van der Waals surface area contributed by atoms with Crippen molar-refractivity contribution in [1.29, 1.82) is 5.26 Å². The number of hydrogen-bond acceptors (Lipinski definition) is 4. The van der Waals surface area contributed by atoms with E-state index in [1.807, 2.05) is 41.9 Å². The molecule has 0 N–H and O–H groups in total. The Hall–Kier alpha value is -1.68. The zero-order valence-corrected chi connectivity index (χ0v) is 15.7. The first-order chi connectivity index (χ1) is 11.7. The van der Waals surface area contributed by atoms with Crippen LogP contribution in [-0.2, 0) is 7.05 Å².